The Balaban J connectivity index is 0.000000963. The third-order valence-electron chi connectivity index (χ3n) is 2.61. The van der Waals surface area contributed by atoms with Crippen LogP contribution in [-0.4, -0.2) is 56.4 Å². The summed E-state index contributed by atoms with van der Waals surface area (Å²) in [5.74, 6) is 0. The molecule has 0 spiro atoms. The Kier molecular flexibility index (Phi) is 3.62. The van der Waals surface area contributed by atoms with Crippen LogP contribution in [0, 0.1) is 0 Å². The van der Waals surface area contributed by atoms with Crippen molar-refractivity contribution in [3.05, 3.63) is 58.8 Å². The standard InChI is InChI=1S/C13H9NO.K.H/c15-13-9-5-1-3-7-11(9)14-12-8-4-2-6-10(12)13;;/h1-8H,(H,14,15);;. The van der Waals surface area contributed by atoms with Gasteiger partial charge in [-0.1, -0.05) is 24.3 Å². The number of nitrogens with one attached hydrogen (secondary N) is 1. The van der Waals surface area contributed by atoms with Gasteiger partial charge in [0.1, 0.15) is 0 Å². The average molecular weight is 235 g/mol. The van der Waals surface area contributed by atoms with Crippen molar-refractivity contribution >= 4 is 73.2 Å². The molecule has 0 aliphatic heterocycles. The maximum atomic E-state index is 12.1. The molecule has 0 aliphatic rings. The van der Waals surface area contributed by atoms with Crippen molar-refractivity contribution in [2.75, 3.05) is 0 Å². The minimum atomic E-state index is 0. The molecule has 3 rings (SSSR count). The van der Waals surface area contributed by atoms with Crippen LogP contribution in [0.1, 0.15) is 0 Å². The Bertz CT molecular complexity index is 646. The number of aromatic amines is 1. The van der Waals surface area contributed by atoms with E-state index < -0.39 is 0 Å². The Labute approximate surface area is 135 Å². The van der Waals surface area contributed by atoms with Crippen molar-refractivity contribution < 1.29 is 0 Å². The molecule has 74 valence electrons. The number of para-hydroxylation sites is 2. The van der Waals surface area contributed by atoms with Gasteiger partial charge in [0.15, 0.2) is 5.43 Å². The maximum absolute atomic E-state index is 12.1. The van der Waals surface area contributed by atoms with E-state index in [0.29, 0.717) is 0 Å². The quantitative estimate of drug-likeness (QED) is 0.469. The third-order valence-corrected chi connectivity index (χ3v) is 2.61. The SMILES string of the molecule is O=c1c2ccccc2[nH]c2ccccc12.[KH]. The summed E-state index contributed by atoms with van der Waals surface area (Å²) in [5.41, 5.74) is 1.88. The first kappa shape index (κ1) is 12.0. The molecule has 0 unspecified atom stereocenters. The molecule has 2 aromatic carbocycles. The monoisotopic (exact) mass is 235 g/mol. The van der Waals surface area contributed by atoms with Gasteiger partial charge in [-0.2, -0.15) is 0 Å². The molecule has 3 aromatic rings. The van der Waals surface area contributed by atoms with E-state index in [1.165, 1.54) is 0 Å². The van der Waals surface area contributed by atoms with Crippen LogP contribution in [0.2, 0.25) is 0 Å². The van der Waals surface area contributed by atoms with Gasteiger partial charge in [0.25, 0.3) is 0 Å². The molecular formula is C13H10KNO. The van der Waals surface area contributed by atoms with Crippen LogP contribution in [-0.2, 0) is 0 Å². The van der Waals surface area contributed by atoms with Crippen molar-refractivity contribution in [2.45, 2.75) is 0 Å². The zero-order valence-electron chi connectivity index (χ0n) is 8.03. The predicted molar refractivity (Wildman–Crippen MR) is 69.2 cm³/mol. The van der Waals surface area contributed by atoms with Gasteiger partial charge in [-0.05, 0) is 24.3 Å². The zero-order chi connectivity index (χ0) is 10.3. The molecule has 0 aliphatic carbocycles. The summed E-state index contributed by atoms with van der Waals surface area (Å²) in [6.07, 6.45) is 0. The van der Waals surface area contributed by atoms with E-state index in [-0.39, 0.29) is 56.8 Å². The van der Waals surface area contributed by atoms with Gasteiger partial charge in [0.2, 0.25) is 0 Å². The molecule has 1 N–H and O–H groups in total. The molecule has 0 bridgehead atoms. The van der Waals surface area contributed by atoms with Gasteiger partial charge in [-0.3, -0.25) is 4.79 Å². The molecule has 0 atom stereocenters. The number of rotatable bonds is 0. The molecule has 3 heteroatoms. The van der Waals surface area contributed by atoms with Crippen molar-refractivity contribution in [3.8, 4) is 0 Å². The van der Waals surface area contributed by atoms with Gasteiger partial charge in [0, 0.05) is 21.8 Å². The van der Waals surface area contributed by atoms with E-state index in [9.17, 15) is 4.79 Å². The van der Waals surface area contributed by atoms with E-state index in [1.54, 1.807) is 0 Å². The van der Waals surface area contributed by atoms with Crippen LogP contribution in [0.25, 0.3) is 21.8 Å². The third kappa shape index (κ3) is 1.89. The summed E-state index contributed by atoms with van der Waals surface area (Å²) in [5, 5.41) is 1.49. The second kappa shape index (κ2) is 4.81. The molecule has 1 heterocycles. The van der Waals surface area contributed by atoms with Crippen molar-refractivity contribution in [1.82, 2.24) is 4.98 Å². The molecule has 0 radical (unpaired) electrons. The Morgan fingerprint density at radius 1 is 0.750 bits per heavy atom. The molecule has 2 nitrogen and oxygen atoms in total. The molecule has 0 amide bonds. The topological polar surface area (TPSA) is 32.9 Å². The number of hydrogen-bond acceptors (Lipinski definition) is 1. The van der Waals surface area contributed by atoms with E-state index in [0.717, 1.165) is 21.8 Å². The molecule has 1 aromatic heterocycles. The Morgan fingerprint density at radius 2 is 1.19 bits per heavy atom. The van der Waals surface area contributed by atoms with Gasteiger partial charge >= 0.3 is 51.4 Å². The summed E-state index contributed by atoms with van der Waals surface area (Å²) in [4.78, 5) is 15.3. The number of benzene rings is 2. The minimum absolute atomic E-state index is 0. The number of hydrogen-bond donors (Lipinski definition) is 1. The number of H-pyrrole nitrogens is 1. The first-order valence-electron chi connectivity index (χ1n) is 4.86. The van der Waals surface area contributed by atoms with Crippen LogP contribution in [0.5, 0.6) is 0 Å². The summed E-state index contributed by atoms with van der Waals surface area (Å²) < 4.78 is 0. The predicted octanol–water partition coefficient (Wildman–Crippen LogP) is 2.03. The van der Waals surface area contributed by atoms with Gasteiger partial charge < -0.3 is 4.98 Å². The number of aromatic nitrogens is 1. The van der Waals surface area contributed by atoms with Gasteiger partial charge in [0.05, 0.1) is 0 Å². The van der Waals surface area contributed by atoms with Gasteiger partial charge in [-0.25, -0.2) is 0 Å². The fourth-order valence-corrected chi connectivity index (χ4v) is 1.87. The molecule has 0 saturated carbocycles. The van der Waals surface area contributed by atoms with E-state index >= 15 is 0 Å². The van der Waals surface area contributed by atoms with E-state index in [1.807, 2.05) is 48.5 Å². The van der Waals surface area contributed by atoms with Crippen LogP contribution in [0.3, 0.4) is 0 Å². The average Bonchev–Trinajstić information content (AvgIpc) is 2.30. The van der Waals surface area contributed by atoms with E-state index in [2.05, 4.69) is 4.98 Å². The number of fused-ring (bicyclic) bond motifs is 2. The van der Waals surface area contributed by atoms with Crippen LogP contribution in [0.15, 0.2) is 53.3 Å². The first-order valence-corrected chi connectivity index (χ1v) is 4.86. The number of pyridine rings is 1. The summed E-state index contributed by atoms with van der Waals surface area (Å²) in [6, 6.07) is 15.1. The van der Waals surface area contributed by atoms with Gasteiger partial charge in [-0.15, -0.1) is 0 Å². The second-order valence-electron chi connectivity index (χ2n) is 3.55. The van der Waals surface area contributed by atoms with Crippen molar-refractivity contribution in [2.24, 2.45) is 0 Å². The van der Waals surface area contributed by atoms with Crippen molar-refractivity contribution in [1.29, 1.82) is 0 Å². The Hall–Kier alpha value is -0.454. The molecule has 0 saturated heterocycles. The first-order chi connectivity index (χ1) is 7.36. The zero-order valence-corrected chi connectivity index (χ0v) is 8.03. The normalized spacial score (nSPS) is 10.2. The summed E-state index contributed by atoms with van der Waals surface area (Å²) in [7, 11) is 0. The fourth-order valence-electron chi connectivity index (χ4n) is 1.87. The van der Waals surface area contributed by atoms with Crippen molar-refractivity contribution in [3.63, 3.8) is 0 Å². The second-order valence-corrected chi connectivity index (χ2v) is 3.55. The Morgan fingerprint density at radius 3 is 1.69 bits per heavy atom. The molecular weight excluding hydrogens is 225 g/mol. The van der Waals surface area contributed by atoms with Crippen LogP contribution >= 0.6 is 0 Å². The van der Waals surface area contributed by atoms with E-state index in [4.69, 9.17) is 0 Å². The summed E-state index contributed by atoms with van der Waals surface area (Å²) >= 11 is 0. The van der Waals surface area contributed by atoms with Crippen LogP contribution < -0.4 is 5.43 Å². The fraction of sp³-hybridized carbons (Fsp3) is 0. The molecule has 16 heavy (non-hydrogen) atoms. The summed E-state index contributed by atoms with van der Waals surface area (Å²) in [6.45, 7) is 0. The molecule has 0 fully saturated rings. The van der Waals surface area contributed by atoms with Crippen LogP contribution in [0.4, 0.5) is 0 Å².